The zero-order chi connectivity index (χ0) is 16.4. The Morgan fingerprint density at radius 1 is 1.22 bits per heavy atom. The van der Waals surface area contributed by atoms with Crippen molar-refractivity contribution in [1.82, 2.24) is 9.80 Å². The molecule has 6 heteroatoms. The minimum absolute atomic E-state index is 0.0298. The summed E-state index contributed by atoms with van der Waals surface area (Å²) in [5, 5.41) is 2.24. The van der Waals surface area contributed by atoms with Crippen LogP contribution in [0.1, 0.15) is 20.8 Å². The summed E-state index contributed by atoms with van der Waals surface area (Å²) in [7, 11) is 0. The third-order valence-electron chi connectivity index (χ3n) is 3.91. The molecule has 0 saturated carbocycles. The van der Waals surface area contributed by atoms with E-state index in [2.05, 4.69) is 0 Å². The number of hydrogen-bond acceptors (Lipinski definition) is 3. The predicted molar refractivity (Wildman–Crippen MR) is 91.8 cm³/mol. The lowest BCUT2D eigenvalue weighted by atomic mass is 10.1. The summed E-state index contributed by atoms with van der Waals surface area (Å²) in [4.78, 5) is 28.6. The average molecular weight is 349 g/mol. The molecule has 1 saturated heterocycles. The molecule has 1 aliphatic rings. The summed E-state index contributed by atoms with van der Waals surface area (Å²) in [5.41, 5.74) is 2.30. The maximum atomic E-state index is 12.4. The van der Waals surface area contributed by atoms with Gasteiger partial charge in [0, 0.05) is 19.6 Å². The van der Waals surface area contributed by atoms with Gasteiger partial charge in [0.2, 0.25) is 5.91 Å². The number of carbonyl (C=O) groups excluding carboxylic acids is 2. The summed E-state index contributed by atoms with van der Waals surface area (Å²) in [6.45, 7) is 3.81. The molecule has 0 radical (unpaired) electrons. The maximum absolute atomic E-state index is 12.4. The van der Waals surface area contributed by atoms with Gasteiger partial charge in [-0.05, 0) is 23.9 Å². The van der Waals surface area contributed by atoms with Crippen LogP contribution in [0.5, 0.6) is 0 Å². The van der Waals surface area contributed by atoms with Crippen LogP contribution in [0.4, 0.5) is 0 Å². The Morgan fingerprint density at radius 3 is 2.57 bits per heavy atom. The maximum Gasteiger partial charge on any atom is 0.265 e. The number of halogens is 1. The van der Waals surface area contributed by atoms with Crippen LogP contribution in [0, 0.1) is 6.92 Å². The lowest BCUT2D eigenvalue weighted by Gasteiger charge is -2.34. The highest BCUT2D eigenvalue weighted by molar-refractivity contribution is 7.12. The van der Waals surface area contributed by atoms with Gasteiger partial charge >= 0.3 is 0 Å². The molecule has 1 aromatic carbocycles. The molecule has 0 unspecified atom stereocenters. The Morgan fingerprint density at radius 2 is 1.96 bits per heavy atom. The molecular weight excluding hydrogens is 332 g/mol. The molecule has 4 nitrogen and oxygen atoms in total. The molecular formula is C17H17ClN2O2S. The first-order valence-corrected chi connectivity index (χ1v) is 8.66. The Labute approximate surface area is 144 Å². The molecule has 120 valence electrons. The second kappa shape index (κ2) is 6.72. The Balaban J connectivity index is 1.63. The van der Waals surface area contributed by atoms with Gasteiger partial charge in [0.1, 0.15) is 11.4 Å². The largest absolute Gasteiger partial charge is 0.335 e. The van der Waals surface area contributed by atoms with E-state index in [0.29, 0.717) is 29.5 Å². The molecule has 2 aromatic rings. The minimum atomic E-state index is -0.159. The lowest BCUT2D eigenvalue weighted by Crippen LogP contribution is -2.51. The number of piperazine rings is 1. The van der Waals surface area contributed by atoms with Crippen LogP contribution in [-0.2, 0) is 11.3 Å². The highest BCUT2D eigenvalue weighted by atomic mass is 35.5. The SMILES string of the molecule is Cc1ccc(CN2CCN(C(=O)c3sccc3Cl)CC2=O)cc1. The number of rotatable bonds is 3. The number of aryl methyl sites for hydroxylation is 1. The van der Waals surface area contributed by atoms with Crippen LogP contribution < -0.4 is 0 Å². The van der Waals surface area contributed by atoms with E-state index in [1.165, 1.54) is 16.9 Å². The molecule has 1 fully saturated rings. The highest BCUT2D eigenvalue weighted by Crippen LogP contribution is 2.24. The number of nitrogens with zero attached hydrogens (tertiary/aromatic N) is 2. The molecule has 1 aliphatic heterocycles. The number of thiophene rings is 1. The first-order valence-electron chi connectivity index (χ1n) is 7.40. The van der Waals surface area contributed by atoms with Crippen LogP contribution in [-0.4, -0.2) is 41.2 Å². The fourth-order valence-corrected chi connectivity index (χ4v) is 3.66. The number of hydrogen-bond donors (Lipinski definition) is 0. The van der Waals surface area contributed by atoms with Crippen molar-refractivity contribution in [2.24, 2.45) is 0 Å². The van der Waals surface area contributed by atoms with Gasteiger partial charge in [0.25, 0.3) is 5.91 Å². The van der Waals surface area contributed by atoms with Crippen molar-refractivity contribution in [1.29, 1.82) is 0 Å². The Hall–Kier alpha value is -1.85. The monoisotopic (exact) mass is 348 g/mol. The van der Waals surface area contributed by atoms with Crippen molar-refractivity contribution in [3.8, 4) is 0 Å². The van der Waals surface area contributed by atoms with E-state index < -0.39 is 0 Å². The number of carbonyl (C=O) groups is 2. The molecule has 1 aromatic heterocycles. The summed E-state index contributed by atoms with van der Waals surface area (Å²) in [6.07, 6.45) is 0. The van der Waals surface area contributed by atoms with Gasteiger partial charge in [-0.1, -0.05) is 41.4 Å². The van der Waals surface area contributed by atoms with E-state index in [1.54, 1.807) is 21.2 Å². The second-order valence-corrected chi connectivity index (χ2v) is 6.95. The normalized spacial score (nSPS) is 15.1. The van der Waals surface area contributed by atoms with Gasteiger partial charge in [-0.15, -0.1) is 11.3 Å². The minimum Gasteiger partial charge on any atom is -0.335 e. The zero-order valence-electron chi connectivity index (χ0n) is 12.8. The van der Waals surface area contributed by atoms with Gasteiger partial charge in [-0.2, -0.15) is 0 Å². The zero-order valence-corrected chi connectivity index (χ0v) is 14.4. The predicted octanol–water partition coefficient (Wildman–Crippen LogP) is 3.19. The first-order chi connectivity index (χ1) is 11.0. The van der Waals surface area contributed by atoms with Crippen LogP contribution >= 0.6 is 22.9 Å². The molecule has 0 aliphatic carbocycles. The van der Waals surface area contributed by atoms with Crippen molar-refractivity contribution in [3.63, 3.8) is 0 Å². The van der Waals surface area contributed by atoms with Gasteiger partial charge in [0.05, 0.1) is 5.02 Å². The van der Waals surface area contributed by atoms with Gasteiger partial charge in [-0.3, -0.25) is 9.59 Å². The van der Waals surface area contributed by atoms with Crippen LogP contribution in [0.2, 0.25) is 5.02 Å². The summed E-state index contributed by atoms with van der Waals surface area (Å²) < 4.78 is 0. The average Bonchev–Trinajstić information content (AvgIpc) is 2.97. The first kappa shape index (κ1) is 16.0. The number of benzene rings is 1. The lowest BCUT2D eigenvalue weighted by molar-refractivity contribution is -0.135. The smallest absolute Gasteiger partial charge is 0.265 e. The van der Waals surface area contributed by atoms with E-state index in [4.69, 9.17) is 11.6 Å². The van der Waals surface area contributed by atoms with Crippen molar-refractivity contribution in [2.75, 3.05) is 19.6 Å². The molecule has 0 bridgehead atoms. The Bertz CT molecular complexity index is 726. The molecule has 0 spiro atoms. The van der Waals surface area contributed by atoms with Gasteiger partial charge in [0.15, 0.2) is 0 Å². The molecule has 2 heterocycles. The van der Waals surface area contributed by atoms with Gasteiger partial charge < -0.3 is 9.80 Å². The highest BCUT2D eigenvalue weighted by Gasteiger charge is 2.29. The van der Waals surface area contributed by atoms with E-state index >= 15 is 0 Å². The third-order valence-corrected chi connectivity index (χ3v) is 5.24. The van der Waals surface area contributed by atoms with E-state index in [-0.39, 0.29) is 18.4 Å². The van der Waals surface area contributed by atoms with Crippen LogP contribution in [0.25, 0.3) is 0 Å². The van der Waals surface area contributed by atoms with Crippen LogP contribution in [0.3, 0.4) is 0 Å². The topological polar surface area (TPSA) is 40.6 Å². The summed E-state index contributed by atoms with van der Waals surface area (Å²) in [5.74, 6) is -0.189. The fourth-order valence-electron chi connectivity index (χ4n) is 2.55. The van der Waals surface area contributed by atoms with Crippen molar-refractivity contribution >= 4 is 34.8 Å². The van der Waals surface area contributed by atoms with Gasteiger partial charge in [-0.25, -0.2) is 0 Å². The van der Waals surface area contributed by atoms with Crippen molar-refractivity contribution < 1.29 is 9.59 Å². The molecule has 23 heavy (non-hydrogen) atoms. The molecule has 0 N–H and O–H groups in total. The molecule has 0 atom stereocenters. The third kappa shape index (κ3) is 3.57. The standard InChI is InChI=1S/C17H17ClN2O2S/c1-12-2-4-13(5-3-12)10-19-7-8-20(11-15(19)21)17(22)16-14(18)6-9-23-16/h2-6,9H,7-8,10-11H2,1H3. The molecule has 2 amide bonds. The second-order valence-electron chi connectivity index (χ2n) is 5.63. The van der Waals surface area contributed by atoms with E-state index in [9.17, 15) is 9.59 Å². The quantitative estimate of drug-likeness (QED) is 0.854. The molecule has 3 rings (SSSR count). The fraction of sp³-hybridized carbons (Fsp3) is 0.294. The Kier molecular flexibility index (Phi) is 4.68. The van der Waals surface area contributed by atoms with E-state index in [0.717, 1.165) is 5.56 Å². The van der Waals surface area contributed by atoms with Crippen molar-refractivity contribution in [2.45, 2.75) is 13.5 Å². The summed E-state index contributed by atoms with van der Waals surface area (Å²) >= 11 is 7.32. The number of amides is 2. The van der Waals surface area contributed by atoms with Crippen LogP contribution in [0.15, 0.2) is 35.7 Å². The summed E-state index contributed by atoms with van der Waals surface area (Å²) in [6, 6.07) is 9.85. The van der Waals surface area contributed by atoms with E-state index in [1.807, 2.05) is 31.2 Å². The van der Waals surface area contributed by atoms with Crippen molar-refractivity contribution in [3.05, 3.63) is 56.7 Å².